The molecule has 4 nitrogen and oxygen atoms in total. The zero-order chi connectivity index (χ0) is 12.4. The van der Waals surface area contributed by atoms with E-state index in [1.165, 1.54) is 0 Å². The van der Waals surface area contributed by atoms with Gasteiger partial charge in [0, 0.05) is 29.7 Å². The number of rotatable bonds is 3. The number of hydrogen-bond acceptors (Lipinski definition) is 3. The topological polar surface area (TPSA) is 47.8 Å². The van der Waals surface area contributed by atoms with E-state index in [-0.39, 0.29) is 5.78 Å². The number of nitrogens with zero attached hydrogens (tertiary/aromatic N) is 3. The van der Waals surface area contributed by atoms with Crippen molar-refractivity contribution in [3.05, 3.63) is 47.0 Å². The molecule has 0 aromatic carbocycles. The van der Waals surface area contributed by atoms with Gasteiger partial charge in [-0.25, -0.2) is 0 Å². The van der Waals surface area contributed by atoms with Crippen LogP contribution in [0, 0.1) is 13.8 Å². The van der Waals surface area contributed by atoms with E-state index < -0.39 is 0 Å². The van der Waals surface area contributed by atoms with Crippen LogP contribution in [0.3, 0.4) is 0 Å². The Hall–Kier alpha value is -1.97. The van der Waals surface area contributed by atoms with Crippen LogP contribution in [-0.2, 0) is 6.54 Å². The molecule has 0 saturated carbocycles. The minimum atomic E-state index is -0.00190. The molecule has 0 fully saturated rings. The normalized spacial score (nSPS) is 10.5. The Balaban J connectivity index is 2.43. The Labute approximate surface area is 100 Å². The molecule has 0 saturated heterocycles. The van der Waals surface area contributed by atoms with Crippen LogP contribution in [0.5, 0.6) is 0 Å². The molecule has 2 heterocycles. The number of aromatic nitrogens is 3. The van der Waals surface area contributed by atoms with Crippen molar-refractivity contribution >= 4 is 5.78 Å². The fraction of sp³-hybridized carbons (Fsp3) is 0.308. The minimum Gasteiger partial charge on any atom is -0.287 e. The van der Waals surface area contributed by atoms with Crippen LogP contribution in [0.25, 0.3) is 0 Å². The summed E-state index contributed by atoms with van der Waals surface area (Å²) in [6.07, 6.45) is 1.65. The number of carbonyl (C=O) groups excluding carboxylic acids is 1. The van der Waals surface area contributed by atoms with Gasteiger partial charge in [-0.15, -0.1) is 0 Å². The fourth-order valence-electron chi connectivity index (χ4n) is 1.89. The summed E-state index contributed by atoms with van der Waals surface area (Å²) in [5, 5.41) is 4.11. The number of ketones is 1. The first kappa shape index (κ1) is 11.5. The molecule has 0 aliphatic carbocycles. The third-order valence-electron chi connectivity index (χ3n) is 2.59. The molecule has 0 N–H and O–H groups in total. The summed E-state index contributed by atoms with van der Waals surface area (Å²) in [7, 11) is 0. The Morgan fingerprint density at radius 2 is 1.94 bits per heavy atom. The van der Waals surface area contributed by atoms with Crippen molar-refractivity contribution in [2.24, 2.45) is 0 Å². The van der Waals surface area contributed by atoms with Crippen LogP contribution < -0.4 is 0 Å². The van der Waals surface area contributed by atoms with E-state index in [2.05, 4.69) is 10.1 Å². The molecular weight excluding hydrogens is 214 g/mol. The highest BCUT2D eigenvalue weighted by Gasteiger charge is 2.14. The lowest BCUT2D eigenvalue weighted by atomic mass is 10.1. The van der Waals surface area contributed by atoms with Crippen LogP contribution in [0.1, 0.15) is 34.4 Å². The molecule has 0 aliphatic rings. The van der Waals surface area contributed by atoms with Gasteiger partial charge < -0.3 is 0 Å². The quantitative estimate of drug-likeness (QED) is 0.758. The van der Waals surface area contributed by atoms with Gasteiger partial charge in [-0.2, -0.15) is 5.10 Å². The van der Waals surface area contributed by atoms with Crippen LogP contribution >= 0.6 is 0 Å². The van der Waals surface area contributed by atoms with Gasteiger partial charge in [-0.05, 0) is 39.0 Å². The van der Waals surface area contributed by atoms with E-state index in [1.54, 1.807) is 16.9 Å². The maximum atomic E-state index is 12.3. The molecule has 0 unspecified atom stereocenters. The average Bonchev–Trinajstić information content (AvgIpc) is 2.74. The molecule has 2 aromatic rings. The summed E-state index contributed by atoms with van der Waals surface area (Å²) in [4.78, 5) is 16.6. The van der Waals surface area contributed by atoms with Gasteiger partial charge in [0.2, 0.25) is 5.78 Å². The second-order valence-electron chi connectivity index (χ2n) is 4.00. The summed E-state index contributed by atoms with van der Waals surface area (Å²) in [5.41, 5.74) is 3.01. The molecule has 0 amide bonds. The van der Waals surface area contributed by atoms with E-state index >= 15 is 0 Å². The van der Waals surface area contributed by atoms with Crippen molar-refractivity contribution in [3.63, 3.8) is 0 Å². The lowest BCUT2D eigenvalue weighted by Crippen LogP contribution is -2.11. The minimum absolute atomic E-state index is 0.00190. The van der Waals surface area contributed by atoms with Crippen molar-refractivity contribution in [2.75, 3.05) is 0 Å². The van der Waals surface area contributed by atoms with E-state index in [4.69, 9.17) is 0 Å². The maximum absolute atomic E-state index is 12.3. The van der Waals surface area contributed by atoms with Gasteiger partial charge in [-0.1, -0.05) is 0 Å². The van der Waals surface area contributed by atoms with E-state index in [1.807, 2.05) is 32.9 Å². The molecule has 0 atom stereocenters. The van der Waals surface area contributed by atoms with Gasteiger partial charge in [0.05, 0.1) is 0 Å². The Morgan fingerprint density at radius 1 is 1.29 bits per heavy atom. The van der Waals surface area contributed by atoms with Crippen molar-refractivity contribution in [1.29, 1.82) is 0 Å². The van der Waals surface area contributed by atoms with Crippen LogP contribution in [0.15, 0.2) is 24.4 Å². The zero-order valence-electron chi connectivity index (χ0n) is 10.3. The third kappa shape index (κ3) is 2.25. The highest BCUT2D eigenvalue weighted by molar-refractivity contribution is 6.07. The molecule has 17 heavy (non-hydrogen) atoms. The summed E-state index contributed by atoms with van der Waals surface area (Å²) in [6.45, 7) is 6.44. The number of aryl methyl sites for hydroxylation is 3. The van der Waals surface area contributed by atoms with E-state index in [9.17, 15) is 4.79 Å². The largest absolute Gasteiger partial charge is 0.287 e. The summed E-state index contributed by atoms with van der Waals surface area (Å²) in [5.74, 6) is -0.00190. The Bertz CT molecular complexity index is 537. The van der Waals surface area contributed by atoms with Gasteiger partial charge >= 0.3 is 0 Å². The SMILES string of the molecule is CCn1nccc1C(=O)c1cc(C)nc(C)c1. The number of pyridine rings is 1. The first-order chi connectivity index (χ1) is 8.11. The second-order valence-corrected chi connectivity index (χ2v) is 4.00. The summed E-state index contributed by atoms with van der Waals surface area (Å²) < 4.78 is 1.70. The predicted molar refractivity (Wildman–Crippen MR) is 65.0 cm³/mol. The van der Waals surface area contributed by atoms with Gasteiger partial charge in [0.1, 0.15) is 5.69 Å². The van der Waals surface area contributed by atoms with Crippen LogP contribution in [0.4, 0.5) is 0 Å². The monoisotopic (exact) mass is 229 g/mol. The molecule has 88 valence electrons. The second kappa shape index (κ2) is 4.49. The van der Waals surface area contributed by atoms with E-state index in [0.717, 1.165) is 11.4 Å². The van der Waals surface area contributed by atoms with Gasteiger partial charge in [0.25, 0.3) is 0 Å². The van der Waals surface area contributed by atoms with Crippen molar-refractivity contribution < 1.29 is 4.79 Å². The summed E-state index contributed by atoms with van der Waals surface area (Å²) >= 11 is 0. The molecule has 0 spiro atoms. The maximum Gasteiger partial charge on any atom is 0.211 e. The Morgan fingerprint density at radius 3 is 2.53 bits per heavy atom. The summed E-state index contributed by atoms with van der Waals surface area (Å²) in [6, 6.07) is 5.36. The van der Waals surface area contributed by atoms with Crippen molar-refractivity contribution in [1.82, 2.24) is 14.8 Å². The smallest absolute Gasteiger partial charge is 0.211 e. The molecule has 0 aliphatic heterocycles. The zero-order valence-corrected chi connectivity index (χ0v) is 10.3. The van der Waals surface area contributed by atoms with Crippen molar-refractivity contribution in [3.8, 4) is 0 Å². The molecule has 2 aromatic heterocycles. The van der Waals surface area contributed by atoms with Crippen LogP contribution in [0.2, 0.25) is 0 Å². The highest BCUT2D eigenvalue weighted by atomic mass is 16.1. The lowest BCUT2D eigenvalue weighted by molar-refractivity contribution is 0.102. The molecule has 2 rings (SSSR count). The molecule has 0 bridgehead atoms. The molecule has 4 heteroatoms. The molecule has 0 radical (unpaired) electrons. The van der Waals surface area contributed by atoms with Crippen LogP contribution in [-0.4, -0.2) is 20.5 Å². The lowest BCUT2D eigenvalue weighted by Gasteiger charge is -2.05. The number of hydrogen-bond donors (Lipinski definition) is 0. The average molecular weight is 229 g/mol. The van der Waals surface area contributed by atoms with Gasteiger partial charge in [-0.3, -0.25) is 14.5 Å². The van der Waals surface area contributed by atoms with E-state index in [0.29, 0.717) is 17.8 Å². The first-order valence-corrected chi connectivity index (χ1v) is 5.63. The predicted octanol–water partition coefficient (Wildman–Crippen LogP) is 2.15. The Kier molecular flexibility index (Phi) is 3.04. The third-order valence-corrected chi connectivity index (χ3v) is 2.59. The highest BCUT2D eigenvalue weighted by Crippen LogP contribution is 2.11. The standard InChI is InChI=1S/C13H15N3O/c1-4-16-12(5-6-14-16)13(17)11-7-9(2)15-10(3)8-11/h5-8H,4H2,1-3H3. The van der Waals surface area contributed by atoms with Gasteiger partial charge in [0.15, 0.2) is 0 Å². The van der Waals surface area contributed by atoms with Crippen molar-refractivity contribution in [2.45, 2.75) is 27.3 Å². The number of carbonyl (C=O) groups is 1. The molecular formula is C13H15N3O. The fourth-order valence-corrected chi connectivity index (χ4v) is 1.89. The first-order valence-electron chi connectivity index (χ1n) is 5.63.